The van der Waals surface area contributed by atoms with E-state index < -0.39 is 0 Å². The van der Waals surface area contributed by atoms with Crippen LogP contribution in [0.1, 0.15) is 36.5 Å². The standard InChI is InChI=1S/C26H30N2S/c1-4-5-19-27(20-23-9-7-6-8-10-23)26(29)28(24-15-11-21(2)12-16-24)25-17-13-22(3)14-18-25/h6-18H,4-5,19-20H2,1-3H3. The van der Waals surface area contributed by atoms with E-state index in [0.717, 1.165) is 42.4 Å². The highest BCUT2D eigenvalue weighted by molar-refractivity contribution is 7.80. The van der Waals surface area contributed by atoms with Crippen LogP contribution in [0.2, 0.25) is 0 Å². The summed E-state index contributed by atoms with van der Waals surface area (Å²) >= 11 is 6.09. The number of anilines is 2. The lowest BCUT2D eigenvalue weighted by Crippen LogP contribution is -2.41. The SMILES string of the molecule is CCCCN(Cc1ccccc1)C(=S)N(c1ccc(C)cc1)c1ccc(C)cc1. The maximum Gasteiger partial charge on any atom is 0.181 e. The first-order valence-corrected chi connectivity index (χ1v) is 10.8. The van der Waals surface area contributed by atoms with Crippen LogP contribution in [-0.4, -0.2) is 16.6 Å². The first-order chi connectivity index (χ1) is 14.1. The molecule has 0 saturated carbocycles. The Morgan fingerprint density at radius 2 is 1.28 bits per heavy atom. The number of unbranched alkanes of at least 4 members (excludes halogenated alkanes) is 1. The molecule has 3 aromatic carbocycles. The van der Waals surface area contributed by atoms with Gasteiger partial charge in [0.15, 0.2) is 5.11 Å². The molecule has 3 rings (SSSR count). The van der Waals surface area contributed by atoms with Crippen molar-refractivity contribution >= 4 is 28.7 Å². The van der Waals surface area contributed by atoms with Gasteiger partial charge in [0.2, 0.25) is 0 Å². The molecule has 0 aliphatic heterocycles. The highest BCUT2D eigenvalue weighted by atomic mass is 32.1. The van der Waals surface area contributed by atoms with Crippen molar-refractivity contribution in [2.45, 2.75) is 40.2 Å². The molecule has 0 aromatic heterocycles. The molecule has 0 N–H and O–H groups in total. The van der Waals surface area contributed by atoms with E-state index in [4.69, 9.17) is 12.2 Å². The van der Waals surface area contributed by atoms with Gasteiger partial charge >= 0.3 is 0 Å². The fourth-order valence-electron chi connectivity index (χ4n) is 3.29. The van der Waals surface area contributed by atoms with Gasteiger partial charge in [-0.05, 0) is 62.3 Å². The zero-order valence-electron chi connectivity index (χ0n) is 17.6. The molecule has 2 nitrogen and oxygen atoms in total. The molecule has 0 atom stereocenters. The first-order valence-electron chi connectivity index (χ1n) is 10.3. The minimum absolute atomic E-state index is 0.813. The third-order valence-electron chi connectivity index (χ3n) is 5.04. The van der Waals surface area contributed by atoms with Gasteiger partial charge in [0, 0.05) is 24.5 Å². The Kier molecular flexibility index (Phi) is 7.42. The third-order valence-corrected chi connectivity index (χ3v) is 5.48. The van der Waals surface area contributed by atoms with Crippen molar-refractivity contribution in [2.75, 3.05) is 11.4 Å². The van der Waals surface area contributed by atoms with Crippen LogP contribution in [-0.2, 0) is 6.54 Å². The topological polar surface area (TPSA) is 6.48 Å². The van der Waals surface area contributed by atoms with Crippen molar-refractivity contribution in [1.29, 1.82) is 0 Å². The van der Waals surface area contributed by atoms with E-state index in [0.29, 0.717) is 0 Å². The fraction of sp³-hybridized carbons (Fsp3) is 0.269. The van der Waals surface area contributed by atoms with E-state index in [1.165, 1.54) is 16.7 Å². The van der Waals surface area contributed by atoms with Gasteiger partial charge in [-0.25, -0.2) is 0 Å². The second-order valence-corrected chi connectivity index (χ2v) is 7.91. The highest BCUT2D eigenvalue weighted by Crippen LogP contribution is 2.28. The van der Waals surface area contributed by atoms with E-state index in [1.807, 2.05) is 0 Å². The van der Waals surface area contributed by atoms with Gasteiger partial charge in [0.1, 0.15) is 0 Å². The Morgan fingerprint density at radius 1 is 0.759 bits per heavy atom. The second kappa shape index (κ2) is 10.2. The van der Waals surface area contributed by atoms with Crippen LogP contribution in [0.3, 0.4) is 0 Å². The van der Waals surface area contributed by atoms with Crippen LogP contribution in [0.5, 0.6) is 0 Å². The second-order valence-electron chi connectivity index (χ2n) is 7.55. The maximum absolute atomic E-state index is 6.09. The Bertz CT molecular complexity index is 856. The van der Waals surface area contributed by atoms with Gasteiger partial charge in [0.05, 0.1) is 0 Å². The summed E-state index contributed by atoms with van der Waals surface area (Å²) < 4.78 is 0. The normalized spacial score (nSPS) is 10.6. The zero-order chi connectivity index (χ0) is 20.6. The van der Waals surface area contributed by atoms with Crippen molar-refractivity contribution in [3.05, 3.63) is 95.6 Å². The summed E-state index contributed by atoms with van der Waals surface area (Å²) in [5.41, 5.74) is 5.96. The quantitative estimate of drug-likeness (QED) is 0.392. The number of aryl methyl sites for hydroxylation is 2. The molecule has 0 unspecified atom stereocenters. The van der Waals surface area contributed by atoms with Gasteiger partial charge in [-0.1, -0.05) is 79.1 Å². The lowest BCUT2D eigenvalue weighted by atomic mass is 10.1. The monoisotopic (exact) mass is 402 g/mol. The number of rotatable bonds is 7. The van der Waals surface area contributed by atoms with Crippen molar-refractivity contribution in [3.8, 4) is 0 Å². The largest absolute Gasteiger partial charge is 0.344 e. The van der Waals surface area contributed by atoms with Gasteiger partial charge in [0.25, 0.3) is 0 Å². The Morgan fingerprint density at radius 3 is 1.76 bits per heavy atom. The molecule has 0 aliphatic rings. The van der Waals surface area contributed by atoms with Crippen LogP contribution >= 0.6 is 12.2 Å². The fourth-order valence-corrected chi connectivity index (χ4v) is 3.66. The smallest absolute Gasteiger partial charge is 0.181 e. The summed E-state index contributed by atoms with van der Waals surface area (Å²) in [4.78, 5) is 4.53. The molecule has 0 fully saturated rings. The van der Waals surface area contributed by atoms with Crippen molar-refractivity contribution in [1.82, 2.24) is 4.90 Å². The molecule has 0 saturated heterocycles. The predicted octanol–water partition coefficient (Wildman–Crippen LogP) is 7.03. The van der Waals surface area contributed by atoms with Crippen LogP contribution in [0.15, 0.2) is 78.9 Å². The van der Waals surface area contributed by atoms with E-state index in [-0.39, 0.29) is 0 Å². The molecule has 0 aliphatic carbocycles. The minimum atomic E-state index is 0.813. The summed E-state index contributed by atoms with van der Waals surface area (Å²) in [5.74, 6) is 0. The van der Waals surface area contributed by atoms with Crippen LogP contribution in [0.4, 0.5) is 11.4 Å². The molecule has 0 bridgehead atoms. The molecule has 0 heterocycles. The predicted molar refractivity (Wildman–Crippen MR) is 129 cm³/mol. The van der Waals surface area contributed by atoms with Gasteiger partial charge in [-0.15, -0.1) is 0 Å². The van der Waals surface area contributed by atoms with E-state index >= 15 is 0 Å². The molecular formula is C26H30N2S. The van der Waals surface area contributed by atoms with Crippen molar-refractivity contribution in [2.24, 2.45) is 0 Å². The van der Waals surface area contributed by atoms with E-state index in [9.17, 15) is 0 Å². The van der Waals surface area contributed by atoms with E-state index in [1.54, 1.807) is 0 Å². The van der Waals surface area contributed by atoms with E-state index in [2.05, 4.69) is 109 Å². The van der Waals surface area contributed by atoms with Crippen LogP contribution < -0.4 is 4.90 Å². The Labute approximate surface area is 180 Å². The van der Waals surface area contributed by atoms with Crippen LogP contribution in [0, 0.1) is 13.8 Å². The summed E-state index contributed by atoms with van der Waals surface area (Å²) in [6, 6.07) is 27.8. The Balaban J connectivity index is 1.97. The van der Waals surface area contributed by atoms with Crippen LogP contribution in [0.25, 0.3) is 0 Å². The molecule has 0 spiro atoms. The Hall–Kier alpha value is -2.65. The number of nitrogens with zero attached hydrogens (tertiary/aromatic N) is 2. The summed E-state index contributed by atoms with van der Waals surface area (Å²) in [6.07, 6.45) is 2.26. The minimum Gasteiger partial charge on any atom is -0.344 e. The first kappa shape index (κ1) is 21.1. The molecule has 0 radical (unpaired) electrons. The van der Waals surface area contributed by atoms with Crippen molar-refractivity contribution in [3.63, 3.8) is 0 Å². The highest BCUT2D eigenvalue weighted by Gasteiger charge is 2.20. The molecule has 3 heteroatoms. The van der Waals surface area contributed by atoms with Gasteiger partial charge in [-0.2, -0.15) is 0 Å². The molecule has 3 aromatic rings. The number of hydrogen-bond donors (Lipinski definition) is 0. The average Bonchev–Trinajstić information content (AvgIpc) is 2.74. The zero-order valence-corrected chi connectivity index (χ0v) is 18.5. The third kappa shape index (κ3) is 5.68. The molecule has 29 heavy (non-hydrogen) atoms. The number of hydrogen-bond acceptors (Lipinski definition) is 1. The summed E-state index contributed by atoms with van der Waals surface area (Å²) in [7, 11) is 0. The molecular weight excluding hydrogens is 372 g/mol. The lowest BCUT2D eigenvalue weighted by molar-refractivity contribution is 0.404. The maximum atomic E-state index is 6.09. The summed E-state index contributed by atoms with van der Waals surface area (Å²) in [5, 5.41) is 0.843. The lowest BCUT2D eigenvalue weighted by Gasteiger charge is -2.34. The molecule has 150 valence electrons. The van der Waals surface area contributed by atoms with Gasteiger partial charge in [-0.3, -0.25) is 4.90 Å². The van der Waals surface area contributed by atoms with Crippen molar-refractivity contribution < 1.29 is 0 Å². The molecule has 0 amide bonds. The number of benzene rings is 3. The number of thiocarbonyl (C=S) groups is 1. The average molecular weight is 403 g/mol. The van der Waals surface area contributed by atoms with Gasteiger partial charge < -0.3 is 4.90 Å². The summed E-state index contributed by atoms with van der Waals surface area (Å²) in [6.45, 7) is 8.20.